The maximum Gasteiger partial charge on any atom is 0.229 e. The number of nitrogens with one attached hydrogen (secondary N) is 2. The van der Waals surface area contributed by atoms with E-state index in [0.29, 0.717) is 29.1 Å². The van der Waals surface area contributed by atoms with Gasteiger partial charge in [-0.3, -0.25) is 0 Å². The Morgan fingerprint density at radius 3 is 2.57 bits per heavy atom. The molecule has 4 aromatic rings. The Morgan fingerprint density at radius 1 is 0.964 bits per heavy atom. The van der Waals surface area contributed by atoms with Crippen molar-refractivity contribution in [2.45, 2.75) is 13.5 Å². The molecule has 4 rings (SSSR count). The van der Waals surface area contributed by atoms with E-state index in [0.717, 1.165) is 16.3 Å². The average molecular weight is 391 g/mol. The lowest BCUT2D eigenvalue weighted by Crippen LogP contribution is -2.02. The van der Waals surface area contributed by atoms with E-state index in [2.05, 4.69) is 35.6 Å². The van der Waals surface area contributed by atoms with Crippen LogP contribution in [0, 0.1) is 6.92 Å². The highest BCUT2D eigenvalue weighted by atomic mass is 32.1. The Hall–Kier alpha value is -3.43. The summed E-state index contributed by atoms with van der Waals surface area (Å²) in [5, 5.41) is 17.4. The molecule has 9 heteroatoms. The summed E-state index contributed by atoms with van der Waals surface area (Å²) < 4.78 is 0. The van der Waals surface area contributed by atoms with Gasteiger partial charge >= 0.3 is 0 Å². The van der Waals surface area contributed by atoms with Gasteiger partial charge in [0.05, 0.1) is 12.3 Å². The number of thiophene rings is 1. The molecular formula is C19H17N7OS. The van der Waals surface area contributed by atoms with Crippen molar-refractivity contribution in [1.82, 2.24) is 24.9 Å². The van der Waals surface area contributed by atoms with Crippen LogP contribution in [0.15, 0.2) is 54.2 Å². The molecule has 0 bridgehead atoms. The van der Waals surface area contributed by atoms with E-state index in [4.69, 9.17) is 0 Å². The van der Waals surface area contributed by atoms with E-state index in [9.17, 15) is 5.11 Å². The first-order valence-electron chi connectivity index (χ1n) is 8.52. The minimum atomic E-state index is 0.0145. The lowest BCUT2D eigenvalue weighted by molar-refractivity contribution is 0.285. The average Bonchev–Trinajstić information content (AvgIpc) is 3.16. The van der Waals surface area contributed by atoms with Crippen molar-refractivity contribution in [1.29, 1.82) is 0 Å². The zero-order valence-electron chi connectivity index (χ0n) is 15.0. The van der Waals surface area contributed by atoms with E-state index >= 15 is 0 Å². The molecule has 4 aromatic heterocycles. The van der Waals surface area contributed by atoms with Gasteiger partial charge in [-0.15, -0.1) is 11.3 Å². The van der Waals surface area contributed by atoms with E-state index < -0.39 is 0 Å². The summed E-state index contributed by atoms with van der Waals surface area (Å²) >= 11 is 1.47. The van der Waals surface area contributed by atoms with Crippen LogP contribution in [-0.2, 0) is 6.61 Å². The van der Waals surface area contributed by atoms with E-state index in [1.54, 1.807) is 24.5 Å². The molecule has 4 heterocycles. The second-order valence-electron chi connectivity index (χ2n) is 5.90. The van der Waals surface area contributed by atoms with Gasteiger partial charge in [-0.2, -0.15) is 4.98 Å². The monoisotopic (exact) mass is 391 g/mol. The van der Waals surface area contributed by atoms with Crippen molar-refractivity contribution in [3.63, 3.8) is 0 Å². The molecule has 0 fully saturated rings. The summed E-state index contributed by atoms with van der Waals surface area (Å²) in [6.07, 6.45) is 3.33. The Kier molecular flexibility index (Phi) is 5.18. The Labute approximate surface area is 165 Å². The topological polar surface area (TPSA) is 109 Å². The Balaban J connectivity index is 1.52. The number of aliphatic hydroxyl groups excluding tert-OH is 1. The number of aliphatic hydroxyl groups is 1. The molecule has 0 saturated heterocycles. The van der Waals surface area contributed by atoms with E-state index in [-0.39, 0.29) is 6.61 Å². The van der Waals surface area contributed by atoms with Gasteiger partial charge in [-0.1, -0.05) is 6.07 Å². The number of hydrogen-bond acceptors (Lipinski definition) is 9. The van der Waals surface area contributed by atoms with Crippen LogP contribution in [0.3, 0.4) is 0 Å². The van der Waals surface area contributed by atoms with Crippen molar-refractivity contribution >= 4 is 34.6 Å². The quantitative estimate of drug-likeness (QED) is 0.457. The van der Waals surface area contributed by atoms with Crippen LogP contribution < -0.4 is 10.6 Å². The summed E-state index contributed by atoms with van der Waals surface area (Å²) in [7, 11) is 0. The van der Waals surface area contributed by atoms with Crippen LogP contribution in [0.4, 0.5) is 23.3 Å². The van der Waals surface area contributed by atoms with Crippen molar-refractivity contribution in [3.05, 3.63) is 64.7 Å². The SMILES string of the molecule is Cc1cccc(-c2nccc(Nc3ccnc(Nc4csc(CO)c4)n3)n2)n1. The smallest absolute Gasteiger partial charge is 0.229 e. The normalized spacial score (nSPS) is 10.6. The number of aromatic nitrogens is 5. The molecular weight excluding hydrogens is 374 g/mol. The fraction of sp³-hybridized carbons (Fsp3) is 0.105. The van der Waals surface area contributed by atoms with Gasteiger partial charge in [0, 0.05) is 28.3 Å². The minimum Gasteiger partial charge on any atom is -0.391 e. The standard InChI is InChI=1S/C19H17N7OS/c1-12-3-2-4-15(22-12)18-20-7-5-16(25-18)24-17-6-8-21-19(26-17)23-13-9-14(10-27)28-11-13/h2-9,11,27H,10H2,1H3,(H2,20,21,23,24,25,26). The third-order valence-electron chi connectivity index (χ3n) is 3.75. The highest BCUT2D eigenvalue weighted by molar-refractivity contribution is 7.10. The molecule has 3 N–H and O–H groups in total. The molecule has 0 saturated carbocycles. The van der Waals surface area contributed by atoms with Gasteiger partial charge in [-0.25, -0.2) is 19.9 Å². The molecule has 140 valence electrons. The Bertz CT molecular complexity index is 1100. The minimum absolute atomic E-state index is 0.0145. The molecule has 0 aliphatic rings. The predicted octanol–water partition coefficient (Wildman–Crippen LogP) is 3.68. The summed E-state index contributed by atoms with van der Waals surface area (Å²) in [6.45, 7) is 1.94. The summed E-state index contributed by atoms with van der Waals surface area (Å²) in [5.41, 5.74) is 2.45. The molecule has 0 radical (unpaired) electrons. The second kappa shape index (κ2) is 8.07. The van der Waals surface area contributed by atoms with Gasteiger partial charge in [0.1, 0.15) is 17.3 Å². The van der Waals surface area contributed by atoms with E-state index in [1.807, 2.05) is 36.6 Å². The second-order valence-corrected chi connectivity index (χ2v) is 6.90. The summed E-state index contributed by atoms with van der Waals surface area (Å²) in [4.78, 5) is 22.8. The largest absolute Gasteiger partial charge is 0.391 e. The number of anilines is 4. The highest BCUT2D eigenvalue weighted by Gasteiger charge is 2.07. The highest BCUT2D eigenvalue weighted by Crippen LogP contribution is 2.23. The molecule has 0 atom stereocenters. The van der Waals surface area contributed by atoms with Crippen molar-refractivity contribution in [2.24, 2.45) is 0 Å². The zero-order valence-corrected chi connectivity index (χ0v) is 15.8. The predicted molar refractivity (Wildman–Crippen MR) is 109 cm³/mol. The van der Waals surface area contributed by atoms with Crippen LogP contribution in [0.1, 0.15) is 10.6 Å². The van der Waals surface area contributed by atoms with E-state index in [1.165, 1.54) is 11.3 Å². The number of aryl methyl sites for hydroxylation is 1. The molecule has 0 aliphatic carbocycles. The van der Waals surface area contributed by atoms with Crippen molar-refractivity contribution in [3.8, 4) is 11.5 Å². The van der Waals surface area contributed by atoms with Gasteiger partial charge in [0.15, 0.2) is 5.82 Å². The maximum atomic E-state index is 9.17. The number of rotatable bonds is 6. The molecule has 0 spiro atoms. The molecule has 0 aromatic carbocycles. The Morgan fingerprint density at radius 2 is 1.79 bits per heavy atom. The fourth-order valence-electron chi connectivity index (χ4n) is 2.50. The lowest BCUT2D eigenvalue weighted by atomic mass is 10.3. The first-order valence-corrected chi connectivity index (χ1v) is 9.40. The van der Waals surface area contributed by atoms with Gasteiger partial charge in [-0.05, 0) is 37.3 Å². The number of pyridine rings is 1. The number of hydrogen-bond donors (Lipinski definition) is 3. The van der Waals surface area contributed by atoms with Crippen molar-refractivity contribution in [2.75, 3.05) is 10.6 Å². The number of nitrogens with zero attached hydrogens (tertiary/aromatic N) is 5. The molecule has 0 amide bonds. The molecule has 8 nitrogen and oxygen atoms in total. The fourth-order valence-corrected chi connectivity index (χ4v) is 3.17. The first-order chi connectivity index (χ1) is 13.7. The molecule has 28 heavy (non-hydrogen) atoms. The van der Waals surface area contributed by atoms with Crippen LogP contribution in [0.2, 0.25) is 0 Å². The first kappa shape index (κ1) is 18.0. The van der Waals surface area contributed by atoms with Crippen LogP contribution in [-0.4, -0.2) is 30.0 Å². The lowest BCUT2D eigenvalue weighted by Gasteiger charge is -2.08. The summed E-state index contributed by atoms with van der Waals surface area (Å²) in [6, 6.07) is 11.1. The van der Waals surface area contributed by atoms with Crippen LogP contribution >= 0.6 is 11.3 Å². The van der Waals surface area contributed by atoms with Crippen LogP contribution in [0.5, 0.6) is 0 Å². The third kappa shape index (κ3) is 4.27. The zero-order chi connectivity index (χ0) is 19.3. The van der Waals surface area contributed by atoms with Gasteiger partial charge < -0.3 is 15.7 Å². The molecule has 0 unspecified atom stereocenters. The van der Waals surface area contributed by atoms with Crippen molar-refractivity contribution < 1.29 is 5.11 Å². The van der Waals surface area contributed by atoms with Gasteiger partial charge in [0.2, 0.25) is 5.95 Å². The maximum absolute atomic E-state index is 9.17. The molecule has 0 aliphatic heterocycles. The van der Waals surface area contributed by atoms with Crippen LogP contribution in [0.25, 0.3) is 11.5 Å². The summed E-state index contributed by atoms with van der Waals surface area (Å²) in [5.74, 6) is 2.19. The third-order valence-corrected chi connectivity index (χ3v) is 4.67. The van der Waals surface area contributed by atoms with Gasteiger partial charge in [0.25, 0.3) is 0 Å².